The molecule has 4 rings (SSSR count). The quantitative estimate of drug-likeness (QED) is 0.364. The number of aliphatic hydroxyl groups excluding tert-OH is 1. The first-order chi connectivity index (χ1) is 15.1. The third-order valence-electron chi connectivity index (χ3n) is 10.9. The molecule has 0 aromatic heterocycles. The molecule has 4 aliphatic carbocycles. The van der Waals surface area contributed by atoms with E-state index in [9.17, 15) is 15.2 Å². The van der Waals surface area contributed by atoms with Crippen LogP contribution in [0.5, 0.6) is 0 Å². The lowest BCUT2D eigenvalue weighted by molar-refractivity contribution is -0.485. The van der Waals surface area contributed by atoms with Crippen molar-refractivity contribution in [2.45, 2.75) is 111 Å². The molecule has 4 aliphatic rings. The maximum absolute atomic E-state index is 11.4. The number of hydrogen-bond donors (Lipinski definition) is 1. The van der Waals surface area contributed by atoms with Gasteiger partial charge in [0.05, 0.1) is 16.9 Å². The summed E-state index contributed by atoms with van der Waals surface area (Å²) in [6.07, 6.45) is 12.1. The van der Waals surface area contributed by atoms with Gasteiger partial charge in [-0.05, 0) is 97.7 Å². The van der Waals surface area contributed by atoms with Crippen LogP contribution in [0.15, 0.2) is 5.10 Å². The van der Waals surface area contributed by atoms with Crippen molar-refractivity contribution in [1.82, 2.24) is 0 Å². The largest absolute Gasteiger partial charge is 0.393 e. The maximum Gasteiger partial charge on any atom is 0.190 e. The van der Waals surface area contributed by atoms with Gasteiger partial charge in [0.1, 0.15) is 0 Å². The van der Waals surface area contributed by atoms with Gasteiger partial charge >= 0.3 is 0 Å². The summed E-state index contributed by atoms with van der Waals surface area (Å²) in [6.45, 7) is 12.1. The van der Waals surface area contributed by atoms with Crippen LogP contribution in [0.1, 0.15) is 105 Å². The van der Waals surface area contributed by atoms with Crippen LogP contribution in [0.3, 0.4) is 0 Å². The molecule has 1 N–H and O–H groups in total. The highest BCUT2D eigenvalue weighted by Crippen LogP contribution is 2.68. The summed E-state index contributed by atoms with van der Waals surface area (Å²) in [7, 11) is 0. The molecule has 0 aliphatic heterocycles. The fourth-order valence-electron chi connectivity index (χ4n) is 9.29. The SMILES string of the molecule is CC(C)CCCC(C)[C@H]1CC[C@H]2[C@@H]3C/C(=N\[N+](=O)[O-])[C@H]4C[C@@H](O)CC[C@]4(C)[C@H]3CC[C@]12C. The lowest BCUT2D eigenvalue weighted by atomic mass is 9.44. The van der Waals surface area contributed by atoms with Crippen molar-refractivity contribution in [3.63, 3.8) is 0 Å². The van der Waals surface area contributed by atoms with Crippen molar-refractivity contribution < 1.29 is 10.1 Å². The number of aliphatic hydroxyl groups is 1. The van der Waals surface area contributed by atoms with E-state index in [4.69, 9.17) is 0 Å². The summed E-state index contributed by atoms with van der Waals surface area (Å²) in [5.41, 5.74) is 1.21. The summed E-state index contributed by atoms with van der Waals surface area (Å²) in [4.78, 5) is 11.4. The second-order valence-corrected chi connectivity index (χ2v) is 12.9. The van der Waals surface area contributed by atoms with Gasteiger partial charge in [-0.2, -0.15) is 0 Å². The van der Waals surface area contributed by atoms with Gasteiger partial charge in [0.2, 0.25) is 0 Å². The number of nitro groups is 1. The zero-order chi connectivity index (χ0) is 23.3. The van der Waals surface area contributed by atoms with Gasteiger partial charge in [-0.15, -0.1) is 0 Å². The number of hydrogen-bond acceptors (Lipinski definition) is 3. The van der Waals surface area contributed by atoms with E-state index in [-0.39, 0.29) is 17.4 Å². The van der Waals surface area contributed by atoms with Gasteiger partial charge in [0.25, 0.3) is 0 Å². The average molecular weight is 447 g/mol. The highest BCUT2D eigenvalue weighted by atomic mass is 16.7. The minimum atomic E-state index is -0.479. The molecule has 5 nitrogen and oxygen atoms in total. The van der Waals surface area contributed by atoms with Crippen LogP contribution in [0.4, 0.5) is 0 Å². The summed E-state index contributed by atoms with van der Waals surface area (Å²) in [5, 5.41) is 25.3. The number of nitrogens with zero attached hydrogens (tertiary/aromatic N) is 2. The molecule has 0 heterocycles. The summed E-state index contributed by atoms with van der Waals surface area (Å²) in [5.74, 6) is 4.23. The average Bonchev–Trinajstić information content (AvgIpc) is 3.06. The molecule has 0 radical (unpaired) electrons. The topological polar surface area (TPSA) is 75.7 Å². The van der Waals surface area contributed by atoms with Gasteiger partial charge in [0, 0.05) is 5.92 Å². The van der Waals surface area contributed by atoms with E-state index in [0.717, 1.165) is 42.7 Å². The highest BCUT2D eigenvalue weighted by Gasteiger charge is 2.62. The molecule has 0 aromatic rings. The monoisotopic (exact) mass is 446 g/mol. The molecule has 1 unspecified atom stereocenters. The standard InChI is InChI=1S/C27H46N2O3/c1-17(2)7-6-8-18(3)21-9-10-22-20-16-25(28-29(31)32)24-15-19(30)11-13-27(24,5)23(20)12-14-26(21,22)4/h17-24,30H,6-16H2,1-5H3/b28-25+/t18?,19-,20-,21+,22-,23-,24+,26+,27+/m0/s1. The summed E-state index contributed by atoms with van der Waals surface area (Å²) >= 11 is 0. The van der Waals surface area contributed by atoms with E-state index in [0.29, 0.717) is 29.6 Å². The second-order valence-electron chi connectivity index (χ2n) is 12.9. The fourth-order valence-corrected chi connectivity index (χ4v) is 9.29. The Morgan fingerprint density at radius 1 is 1.06 bits per heavy atom. The molecular formula is C27H46N2O3. The van der Waals surface area contributed by atoms with Crippen molar-refractivity contribution in [1.29, 1.82) is 0 Å². The summed E-state index contributed by atoms with van der Waals surface area (Å²) < 4.78 is 0. The van der Waals surface area contributed by atoms with Gasteiger partial charge in [-0.1, -0.05) is 53.9 Å². The molecule has 4 saturated carbocycles. The number of rotatable bonds is 6. The Morgan fingerprint density at radius 2 is 1.75 bits per heavy atom. The van der Waals surface area contributed by atoms with Crippen LogP contribution < -0.4 is 0 Å². The third kappa shape index (κ3) is 4.16. The fraction of sp³-hybridized carbons (Fsp3) is 0.963. The molecule has 0 bridgehead atoms. The third-order valence-corrected chi connectivity index (χ3v) is 10.9. The number of fused-ring (bicyclic) bond motifs is 5. The lowest BCUT2D eigenvalue weighted by Gasteiger charge is -2.60. The van der Waals surface area contributed by atoms with E-state index < -0.39 is 5.03 Å². The zero-order valence-corrected chi connectivity index (χ0v) is 21.1. The van der Waals surface area contributed by atoms with Crippen LogP contribution in [0.25, 0.3) is 0 Å². The van der Waals surface area contributed by atoms with Crippen LogP contribution in [-0.4, -0.2) is 22.0 Å². The van der Waals surface area contributed by atoms with Crippen molar-refractivity contribution in [3.05, 3.63) is 10.1 Å². The first kappa shape index (κ1) is 24.2. The molecule has 5 heteroatoms. The first-order valence-corrected chi connectivity index (χ1v) is 13.5. The minimum Gasteiger partial charge on any atom is -0.393 e. The Labute approximate surface area is 195 Å². The van der Waals surface area contributed by atoms with Gasteiger partial charge in [-0.25, -0.2) is 10.1 Å². The van der Waals surface area contributed by atoms with Crippen molar-refractivity contribution in [2.24, 2.45) is 57.4 Å². The van der Waals surface area contributed by atoms with Gasteiger partial charge < -0.3 is 5.11 Å². The van der Waals surface area contributed by atoms with Crippen molar-refractivity contribution in [3.8, 4) is 0 Å². The Balaban J connectivity index is 1.58. The molecule has 0 saturated heterocycles. The van der Waals surface area contributed by atoms with Crippen LogP contribution in [0, 0.1) is 62.4 Å². The Hall–Kier alpha value is -0.970. The van der Waals surface area contributed by atoms with E-state index in [1.807, 2.05) is 0 Å². The summed E-state index contributed by atoms with van der Waals surface area (Å²) in [6, 6.07) is 0. The number of hydrazone groups is 1. The predicted molar refractivity (Wildman–Crippen MR) is 129 cm³/mol. The van der Waals surface area contributed by atoms with E-state index in [1.165, 1.54) is 44.9 Å². The highest BCUT2D eigenvalue weighted by molar-refractivity contribution is 5.88. The van der Waals surface area contributed by atoms with Crippen molar-refractivity contribution in [2.75, 3.05) is 0 Å². The smallest absolute Gasteiger partial charge is 0.190 e. The van der Waals surface area contributed by atoms with E-state index in [1.54, 1.807) is 0 Å². The molecule has 0 aromatic carbocycles. The normalized spacial score (nSPS) is 45.9. The lowest BCUT2D eigenvalue weighted by Crippen LogP contribution is -2.57. The molecule has 4 fully saturated rings. The molecule has 9 atom stereocenters. The van der Waals surface area contributed by atoms with Crippen LogP contribution in [-0.2, 0) is 0 Å². The second kappa shape index (κ2) is 9.00. The molecule has 0 amide bonds. The predicted octanol–water partition coefficient (Wildman–Crippen LogP) is 6.71. The maximum atomic E-state index is 11.4. The zero-order valence-electron chi connectivity index (χ0n) is 21.1. The van der Waals surface area contributed by atoms with E-state index in [2.05, 4.69) is 39.7 Å². The Bertz CT molecular complexity index is 736. The molecule has 32 heavy (non-hydrogen) atoms. The van der Waals surface area contributed by atoms with Crippen LogP contribution in [0.2, 0.25) is 0 Å². The molecular weight excluding hydrogens is 400 g/mol. The van der Waals surface area contributed by atoms with Crippen LogP contribution >= 0.6 is 0 Å². The molecule has 0 spiro atoms. The first-order valence-electron chi connectivity index (χ1n) is 13.5. The minimum absolute atomic E-state index is 0.0548. The van der Waals surface area contributed by atoms with Gasteiger partial charge in [0.15, 0.2) is 5.03 Å². The Kier molecular flexibility index (Phi) is 6.80. The molecule has 182 valence electrons. The van der Waals surface area contributed by atoms with Crippen molar-refractivity contribution >= 4 is 5.71 Å². The van der Waals surface area contributed by atoms with Gasteiger partial charge in [-0.3, -0.25) is 0 Å². The Morgan fingerprint density at radius 3 is 2.44 bits per heavy atom. The van der Waals surface area contributed by atoms with E-state index >= 15 is 0 Å².